The van der Waals surface area contributed by atoms with Gasteiger partial charge in [-0.1, -0.05) is 25.9 Å². The highest BCUT2D eigenvalue weighted by molar-refractivity contribution is 6.06. The van der Waals surface area contributed by atoms with Crippen molar-refractivity contribution in [3.8, 4) is 0 Å². The molecule has 0 saturated carbocycles. The van der Waals surface area contributed by atoms with Crippen molar-refractivity contribution in [1.82, 2.24) is 15.1 Å². The number of fused-ring (bicyclic) bond motifs is 1. The number of carbonyl (C=O) groups is 2. The number of nitrogens with zero attached hydrogens (tertiary/aromatic N) is 5. The van der Waals surface area contributed by atoms with Crippen molar-refractivity contribution in [2.24, 2.45) is 0 Å². The number of halogens is 1. The van der Waals surface area contributed by atoms with Gasteiger partial charge in [-0.25, -0.2) is 19.0 Å². The van der Waals surface area contributed by atoms with Crippen LogP contribution in [0.1, 0.15) is 39.0 Å². The third-order valence-corrected chi connectivity index (χ3v) is 5.25. The molecule has 178 valence electrons. The van der Waals surface area contributed by atoms with Crippen LogP contribution in [-0.2, 0) is 12.0 Å². The minimum absolute atomic E-state index is 0.0686. The Labute approximate surface area is 195 Å². The molecule has 4 rings (SSSR count). The summed E-state index contributed by atoms with van der Waals surface area (Å²) in [5.74, 6) is -0.0308. The number of hydrogen-bond acceptors (Lipinski definition) is 7. The fourth-order valence-corrected chi connectivity index (χ4v) is 3.45. The monoisotopic (exact) mass is 468 g/mol. The number of hydrogen-bond donors (Lipinski definition) is 3. The van der Waals surface area contributed by atoms with Gasteiger partial charge in [0.05, 0.1) is 17.9 Å². The summed E-state index contributed by atoms with van der Waals surface area (Å²) in [7, 11) is 0. The molecule has 0 radical (unpaired) electrons. The summed E-state index contributed by atoms with van der Waals surface area (Å²) in [6.45, 7) is 8.18. The van der Waals surface area contributed by atoms with E-state index in [0.29, 0.717) is 29.3 Å². The Morgan fingerprint density at radius 3 is 2.71 bits per heavy atom. The highest BCUT2D eigenvalue weighted by atomic mass is 19.1. The molecular weight excluding hydrogens is 443 g/mol. The lowest BCUT2D eigenvalue weighted by atomic mass is 9.92. The normalized spacial score (nSPS) is 13.6. The van der Waals surface area contributed by atoms with Gasteiger partial charge in [-0.3, -0.25) is 15.1 Å². The number of nitrogen functional groups attached to an aromatic ring is 1. The number of benzene rings is 1. The first-order valence-electron chi connectivity index (χ1n) is 10.6. The Morgan fingerprint density at radius 1 is 1.26 bits per heavy atom. The van der Waals surface area contributed by atoms with Crippen LogP contribution in [0, 0.1) is 5.82 Å². The number of nitrogens with two attached hydrogens (primary N) is 1. The van der Waals surface area contributed by atoms with E-state index in [2.05, 4.69) is 25.8 Å². The molecule has 0 aliphatic carbocycles. The quantitative estimate of drug-likeness (QED) is 0.523. The first-order chi connectivity index (χ1) is 16.1. The van der Waals surface area contributed by atoms with E-state index in [4.69, 9.17) is 10.3 Å². The molecular formula is C22H25FN8O3. The minimum Gasteiger partial charge on any atom is -0.368 e. The molecule has 0 unspecified atom stereocenters. The molecule has 0 fully saturated rings. The average molecular weight is 468 g/mol. The molecule has 0 spiro atoms. The van der Waals surface area contributed by atoms with E-state index in [1.54, 1.807) is 19.2 Å². The van der Waals surface area contributed by atoms with Gasteiger partial charge in [0.15, 0.2) is 0 Å². The van der Waals surface area contributed by atoms with Gasteiger partial charge in [0, 0.05) is 35.5 Å². The second-order valence-corrected chi connectivity index (χ2v) is 8.76. The molecule has 0 atom stereocenters. The van der Waals surface area contributed by atoms with Crippen LogP contribution in [0.3, 0.4) is 0 Å². The summed E-state index contributed by atoms with van der Waals surface area (Å²) in [5, 5.41) is 8.87. The summed E-state index contributed by atoms with van der Waals surface area (Å²) in [5.41, 5.74) is 7.04. The molecule has 3 aromatic rings. The predicted octanol–water partition coefficient (Wildman–Crippen LogP) is 4.09. The van der Waals surface area contributed by atoms with E-state index in [9.17, 15) is 14.0 Å². The van der Waals surface area contributed by atoms with Crippen LogP contribution in [0.5, 0.6) is 0 Å². The lowest BCUT2D eigenvalue weighted by molar-refractivity contribution is 0.250. The van der Waals surface area contributed by atoms with Gasteiger partial charge in [-0.15, -0.1) is 0 Å². The van der Waals surface area contributed by atoms with E-state index >= 15 is 0 Å². The molecule has 1 aliphatic heterocycles. The van der Waals surface area contributed by atoms with Crippen molar-refractivity contribution in [1.29, 1.82) is 0 Å². The number of nitrogens with one attached hydrogen (secondary N) is 2. The second-order valence-electron chi connectivity index (χ2n) is 8.76. The molecule has 34 heavy (non-hydrogen) atoms. The van der Waals surface area contributed by atoms with Crippen LogP contribution in [0.15, 0.2) is 35.0 Å². The number of amides is 4. The van der Waals surface area contributed by atoms with Gasteiger partial charge < -0.3 is 15.6 Å². The van der Waals surface area contributed by atoms with Crippen LogP contribution >= 0.6 is 0 Å². The van der Waals surface area contributed by atoms with Crippen LogP contribution in [0.25, 0.3) is 0 Å². The van der Waals surface area contributed by atoms with Gasteiger partial charge in [-0.05, 0) is 25.1 Å². The molecule has 1 aliphatic rings. The van der Waals surface area contributed by atoms with E-state index in [1.165, 1.54) is 28.0 Å². The number of urea groups is 2. The summed E-state index contributed by atoms with van der Waals surface area (Å²) in [6, 6.07) is 4.54. The third-order valence-electron chi connectivity index (χ3n) is 5.25. The van der Waals surface area contributed by atoms with Crippen molar-refractivity contribution >= 4 is 41.1 Å². The highest BCUT2D eigenvalue weighted by Crippen LogP contribution is 2.32. The highest BCUT2D eigenvalue weighted by Gasteiger charge is 2.32. The van der Waals surface area contributed by atoms with Crippen LogP contribution in [-0.4, -0.2) is 33.7 Å². The Kier molecular flexibility index (Phi) is 5.82. The first kappa shape index (κ1) is 23.0. The van der Waals surface area contributed by atoms with Crippen molar-refractivity contribution < 1.29 is 18.5 Å². The minimum atomic E-state index is -0.720. The van der Waals surface area contributed by atoms with E-state index < -0.39 is 11.8 Å². The van der Waals surface area contributed by atoms with Gasteiger partial charge >= 0.3 is 12.1 Å². The topological polar surface area (TPSA) is 143 Å². The van der Waals surface area contributed by atoms with E-state index in [0.717, 1.165) is 0 Å². The molecule has 0 saturated heterocycles. The van der Waals surface area contributed by atoms with Gasteiger partial charge in [-0.2, -0.15) is 4.98 Å². The van der Waals surface area contributed by atoms with Crippen LogP contribution in [0.2, 0.25) is 0 Å². The number of anilines is 5. The Balaban J connectivity index is 1.55. The summed E-state index contributed by atoms with van der Waals surface area (Å²) in [6.07, 6.45) is 1.55. The van der Waals surface area contributed by atoms with Gasteiger partial charge in [0.25, 0.3) is 0 Å². The molecule has 4 amide bonds. The molecule has 12 heteroatoms. The smallest absolute Gasteiger partial charge is 0.330 e. The number of carbonyl (C=O) groups excluding carboxylic acids is 2. The summed E-state index contributed by atoms with van der Waals surface area (Å²) >= 11 is 0. The average Bonchev–Trinajstić information content (AvgIpc) is 3.24. The molecule has 1 aromatic carbocycles. The molecule has 4 N–H and O–H groups in total. The Bertz CT molecular complexity index is 1250. The van der Waals surface area contributed by atoms with Crippen molar-refractivity contribution in [3.05, 3.63) is 47.5 Å². The fraction of sp³-hybridized carbons (Fsp3) is 0.318. The van der Waals surface area contributed by atoms with Crippen molar-refractivity contribution in [2.75, 3.05) is 32.7 Å². The molecule has 2 aromatic heterocycles. The maximum absolute atomic E-state index is 14.5. The van der Waals surface area contributed by atoms with Gasteiger partial charge in [0.1, 0.15) is 11.6 Å². The lowest BCUT2D eigenvalue weighted by Crippen LogP contribution is -2.48. The SMILES string of the molecule is CCN1C(=O)N(c2ccc(F)c(NC(=O)Nc3cc(C(C)(C)C)no3)c2)Cc2cnc(N)nc21. The first-order valence-corrected chi connectivity index (χ1v) is 10.6. The number of aromatic nitrogens is 3. The molecule has 0 bridgehead atoms. The maximum atomic E-state index is 14.5. The maximum Gasteiger partial charge on any atom is 0.330 e. The zero-order chi connectivity index (χ0) is 24.6. The third kappa shape index (κ3) is 4.47. The predicted molar refractivity (Wildman–Crippen MR) is 125 cm³/mol. The number of rotatable bonds is 4. The zero-order valence-electron chi connectivity index (χ0n) is 19.2. The standard InChI is InChI=1S/C22H25FN8O3/c1-5-30-18-12(10-25-19(24)28-18)11-31(21(30)33)13-6-7-14(23)15(8-13)26-20(32)27-17-9-16(29-34-17)22(2,3)4/h6-10H,5,11H2,1-4H3,(H2,24,25,28)(H2,26,27,32). The zero-order valence-corrected chi connectivity index (χ0v) is 19.2. The Morgan fingerprint density at radius 2 is 2.03 bits per heavy atom. The van der Waals surface area contributed by atoms with Crippen molar-refractivity contribution in [3.63, 3.8) is 0 Å². The largest absolute Gasteiger partial charge is 0.368 e. The van der Waals surface area contributed by atoms with E-state index in [-0.39, 0.29) is 35.5 Å². The summed E-state index contributed by atoms with van der Waals surface area (Å²) < 4.78 is 19.6. The van der Waals surface area contributed by atoms with Gasteiger partial charge in [0.2, 0.25) is 11.8 Å². The van der Waals surface area contributed by atoms with E-state index in [1.807, 2.05) is 20.8 Å². The van der Waals surface area contributed by atoms with Crippen molar-refractivity contribution in [2.45, 2.75) is 39.7 Å². The summed E-state index contributed by atoms with van der Waals surface area (Å²) in [4.78, 5) is 36.6. The van der Waals surface area contributed by atoms with Crippen LogP contribution in [0.4, 0.5) is 43.0 Å². The molecule has 3 heterocycles. The lowest BCUT2D eigenvalue weighted by Gasteiger charge is -2.35. The Hall–Kier alpha value is -4.22. The molecule has 11 nitrogen and oxygen atoms in total. The van der Waals surface area contributed by atoms with Crippen LogP contribution < -0.4 is 26.2 Å². The second kappa shape index (κ2) is 8.61. The fourth-order valence-electron chi connectivity index (χ4n) is 3.45.